The Kier molecular flexibility index (Phi) is 14.7. The van der Waals surface area contributed by atoms with Crippen molar-refractivity contribution in [3.63, 3.8) is 0 Å². The molecule has 0 bridgehead atoms. The summed E-state index contributed by atoms with van der Waals surface area (Å²) in [5.74, 6) is 0. The molecule has 5 nitrogen and oxygen atoms in total. The topological polar surface area (TPSA) is 91.9 Å². The van der Waals surface area contributed by atoms with E-state index in [1.807, 2.05) is 0 Å². The predicted octanol–water partition coefficient (Wildman–Crippen LogP) is 6.62. The number of unbranched alkanes of at least 4 members (excludes halogenated alkanes) is 6. The molecule has 0 aliphatic carbocycles. The van der Waals surface area contributed by atoms with Gasteiger partial charge in [0.15, 0.2) is 0 Å². The second-order valence-corrected chi connectivity index (χ2v) is 8.44. The Balaban J connectivity index is 0. The summed E-state index contributed by atoms with van der Waals surface area (Å²) in [4.78, 5) is 21.6. The van der Waals surface area contributed by atoms with Crippen LogP contribution in [0, 0.1) is 0 Å². The van der Waals surface area contributed by atoms with Crippen LogP contribution in [0.25, 0.3) is 5.32 Å². The summed E-state index contributed by atoms with van der Waals surface area (Å²) < 4.78 is 86.1. The van der Waals surface area contributed by atoms with Gasteiger partial charge in [-0.25, -0.2) is 4.57 Å². The summed E-state index contributed by atoms with van der Waals surface area (Å²) in [5.41, 5.74) is -2.09. The zero-order valence-corrected chi connectivity index (χ0v) is 18.0. The molecule has 12 heteroatoms. The van der Waals surface area contributed by atoms with Gasteiger partial charge in [0.05, 0.1) is 0 Å². The molecule has 0 radical (unpaired) electrons. The van der Waals surface area contributed by atoms with Crippen LogP contribution in [0.5, 0.6) is 0 Å². The van der Waals surface area contributed by atoms with Gasteiger partial charge in [-0.05, 0) is 0 Å². The van der Waals surface area contributed by atoms with Crippen molar-refractivity contribution in [2.45, 2.75) is 109 Å². The number of halogens is 6. The zero-order chi connectivity index (χ0) is 23.4. The van der Waals surface area contributed by atoms with Crippen molar-refractivity contribution >= 4 is 7.82 Å². The standard InChI is InChI=1S/C17H30F6N.H3O4P/c1-4-5-6-7-8-9-10-11-15(24-14(2)3,12-16(18,19)20)13-17(21,22)23;1-5(2,3)4/h14H,4-13H2,1-3H3;(H3,1,2,3,4)/q-1;. The van der Waals surface area contributed by atoms with Gasteiger partial charge in [0, 0.05) is 12.8 Å². The molecule has 0 spiro atoms. The van der Waals surface area contributed by atoms with E-state index in [-0.39, 0.29) is 6.42 Å². The highest BCUT2D eigenvalue weighted by atomic mass is 31.2. The van der Waals surface area contributed by atoms with Crippen molar-refractivity contribution in [1.82, 2.24) is 0 Å². The van der Waals surface area contributed by atoms with Crippen LogP contribution in [-0.2, 0) is 4.57 Å². The van der Waals surface area contributed by atoms with E-state index in [1.54, 1.807) is 0 Å². The maximum atomic E-state index is 12.9. The van der Waals surface area contributed by atoms with Crippen molar-refractivity contribution in [2.24, 2.45) is 0 Å². The van der Waals surface area contributed by atoms with E-state index in [0.717, 1.165) is 32.1 Å². The molecule has 0 aromatic rings. The number of phosphoric acid groups is 1. The van der Waals surface area contributed by atoms with Crippen molar-refractivity contribution in [3.05, 3.63) is 5.32 Å². The fourth-order valence-corrected chi connectivity index (χ4v) is 3.10. The van der Waals surface area contributed by atoms with Gasteiger partial charge in [0.1, 0.15) is 0 Å². The Morgan fingerprint density at radius 3 is 1.45 bits per heavy atom. The summed E-state index contributed by atoms with van der Waals surface area (Å²) in [6, 6.07) is -0.570. The van der Waals surface area contributed by atoms with Crippen molar-refractivity contribution < 1.29 is 45.6 Å². The van der Waals surface area contributed by atoms with E-state index in [1.165, 1.54) is 13.8 Å². The third kappa shape index (κ3) is 25.6. The van der Waals surface area contributed by atoms with E-state index in [2.05, 4.69) is 12.2 Å². The lowest BCUT2D eigenvalue weighted by Crippen LogP contribution is -2.40. The first-order valence-corrected chi connectivity index (χ1v) is 11.1. The molecule has 0 unspecified atom stereocenters. The summed E-state index contributed by atoms with van der Waals surface area (Å²) in [5, 5.41) is 3.89. The lowest BCUT2D eigenvalue weighted by Gasteiger charge is -2.50. The molecule has 0 aromatic heterocycles. The number of alkyl halides is 6. The fraction of sp³-hybridized carbons (Fsp3) is 1.00. The first-order valence-electron chi connectivity index (χ1n) is 9.53. The van der Waals surface area contributed by atoms with Gasteiger partial charge >= 0.3 is 20.2 Å². The van der Waals surface area contributed by atoms with Gasteiger partial charge in [-0.1, -0.05) is 72.1 Å². The van der Waals surface area contributed by atoms with Gasteiger partial charge in [0.2, 0.25) is 0 Å². The normalized spacial score (nSPS) is 13.4. The lowest BCUT2D eigenvalue weighted by atomic mass is 9.84. The molecule has 0 aliphatic rings. The van der Waals surface area contributed by atoms with E-state index in [4.69, 9.17) is 19.2 Å². The van der Waals surface area contributed by atoms with Crippen LogP contribution in [0.2, 0.25) is 0 Å². The lowest BCUT2D eigenvalue weighted by molar-refractivity contribution is -0.174. The van der Waals surface area contributed by atoms with Crippen molar-refractivity contribution in [3.8, 4) is 0 Å². The Morgan fingerprint density at radius 1 is 0.793 bits per heavy atom. The number of hydrogen-bond acceptors (Lipinski definition) is 1. The van der Waals surface area contributed by atoms with Crippen LogP contribution in [0.4, 0.5) is 26.3 Å². The minimum atomic E-state index is -4.66. The first-order chi connectivity index (χ1) is 12.9. The van der Waals surface area contributed by atoms with Crippen LogP contribution in [0.15, 0.2) is 0 Å². The number of nitrogens with zero attached hydrogens (tertiary/aromatic N) is 1. The Bertz CT molecular complexity index is 442. The fourth-order valence-electron chi connectivity index (χ4n) is 3.10. The minimum Gasteiger partial charge on any atom is -0.654 e. The maximum absolute atomic E-state index is 12.9. The van der Waals surface area contributed by atoms with E-state index in [0.29, 0.717) is 12.8 Å². The average molecular weight is 460 g/mol. The molecule has 178 valence electrons. The molecule has 0 aliphatic heterocycles. The minimum absolute atomic E-state index is 0.169. The third-order valence-electron chi connectivity index (χ3n) is 3.84. The molecule has 0 fully saturated rings. The zero-order valence-electron chi connectivity index (χ0n) is 17.1. The second-order valence-electron chi connectivity index (χ2n) is 7.42. The summed E-state index contributed by atoms with van der Waals surface area (Å²) in [6.45, 7) is 5.12. The third-order valence-corrected chi connectivity index (χ3v) is 3.84. The SMILES string of the molecule is CCCCCCCCCC(CC(F)(F)F)(CC(F)(F)F)[N-]C(C)C.O=P(O)(O)O. The smallest absolute Gasteiger partial charge is 0.466 e. The van der Waals surface area contributed by atoms with Gasteiger partial charge in [-0.2, -0.15) is 26.3 Å². The van der Waals surface area contributed by atoms with Crippen molar-refractivity contribution in [2.75, 3.05) is 0 Å². The van der Waals surface area contributed by atoms with E-state index < -0.39 is 44.6 Å². The molecule has 3 N–H and O–H groups in total. The Labute approximate surface area is 168 Å². The maximum Gasteiger partial charge on any atom is 0.466 e. The van der Waals surface area contributed by atoms with Gasteiger partial charge in [-0.3, -0.25) is 0 Å². The van der Waals surface area contributed by atoms with Crippen LogP contribution in [0.3, 0.4) is 0 Å². The van der Waals surface area contributed by atoms with Gasteiger partial charge < -0.3 is 20.0 Å². The molecule has 0 aromatic carbocycles. The number of rotatable bonds is 12. The highest BCUT2D eigenvalue weighted by Gasteiger charge is 2.43. The average Bonchev–Trinajstić information content (AvgIpc) is 2.39. The van der Waals surface area contributed by atoms with Crippen molar-refractivity contribution in [1.29, 1.82) is 0 Å². The molecule has 0 rings (SSSR count). The van der Waals surface area contributed by atoms with Crippen LogP contribution in [0.1, 0.15) is 85.0 Å². The van der Waals surface area contributed by atoms with Gasteiger partial charge in [-0.15, -0.1) is 11.6 Å². The Hall–Kier alpha value is -0.350. The highest BCUT2D eigenvalue weighted by Crippen LogP contribution is 2.44. The molecule has 0 saturated carbocycles. The largest absolute Gasteiger partial charge is 0.654 e. The quantitative estimate of drug-likeness (QED) is 0.173. The first kappa shape index (κ1) is 30.8. The summed E-state index contributed by atoms with van der Waals surface area (Å²) in [7, 11) is -4.64. The summed E-state index contributed by atoms with van der Waals surface area (Å²) >= 11 is 0. The second kappa shape index (κ2) is 13.9. The van der Waals surface area contributed by atoms with Gasteiger partial charge in [0.25, 0.3) is 0 Å². The molecular weight excluding hydrogens is 427 g/mol. The molecular formula is C17H33F6NO4P-. The molecule has 0 atom stereocenters. The molecule has 0 amide bonds. The Morgan fingerprint density at radius 2 is 1.14 bits per heavy atom. The summed E-state index contributed by atoms with van der Waals surface area (Å²) in [6.07, 6.45) is -6.44. The highest BCUT2D eigenvalue weighted by molar-refractivity contribution is 7.45. The van der Waals surface area contributed by atoms with E-state index >= 15 is 0 Å². The van der Waals surface area contributed by atoms with E-state index in [9.17, 15) is 26.3 Å². The van der Waals surface area contributed by atoms with Crippen LogP contribution in [-0.4, -0.2) is 38.6 Å². The number of hydrogen-bond donors (Lipinski definition) is 3. The van der Waals surface area contributed by atoms with Crippen LogP contribution < -0.4 is 0 Å². The molecule has 0 saturated heterocycles. The van der Waals surface area contributed by atoms with Crippen LogP contribution >= 0.6 is 7.82 Å². The molecule has 29 heavy (non-hydrogen) atoms. The predicted molar refractivity (Wildman–Crippen MR) is 99.4 cm³/mol. The molecule has 0 heterocycles. The monoisotopic (exact) mass is 460 g/mol.